The second-order valence-electron chi connectivity index (χ2n) is 3.58. The molecule has 0 spiro atoms. The first kappa shape index (κ1) is 12.8. The SMILES string of the molecule is C[C@H](NC(=O)O)C(NC(=O)O)c1ccccc1. The zero-order chi connectivity index (χ0) is 12.8. The van der Waals surface area contributed by atoms with Crippen LogP contribution in [0.2, 0.25) is 0 Å². The normalized spacial score (nSPS) is 13.5. The van der Waals surface area contributed by atoms with Gasteiger partial charge in [0.25, 0.3) is 0 Å². The standard InChI is InChI=1S/C11H14N2O4/c1-7(12-10(14)15)9(13-11(16)17)8-5-3-2-4-6-8/h2-7,9,12-13H,1H3,(H,14,15)(H,16,17)/t7-,9?/m0/s1. The molecule has 0 heterocycles. The van der Waals surface area contributed by atoms with Gasteiger partial charge in [0.1, 0.15) is 0 Å². The van der Waals surface area contributed by atoms with Crippen LogP contribution in [0.4, 0.5) is 9.59 Å². The lowest BCUT2D eigenvalue weighted by Crippen LogP contribution is -2.43. The highest BCUT2D eigenvalue weighted by Crippen LogP contribution is 2.16. The van der Waals surface area contributed by atoms with E-state index in [1.165, 1.54) is 0 Å². The minimum atomic E-state index is -1.20. The Morgan fingerprint density at radius 3 is 2.06 bits per heavy atom. The summed E-state index contributed by atoms with van der Waals surface area (Å²) in [6, 6.07) is 7.62. The molecule has 0 aliphatic rings. The van der Waals surface area contributed by atoms with Gasteiger partial charge in [-0.2, -0.15) is 0 Å². The van der Waals surface area contributed by atoms with Crippen molar-refractivity contribution >= 4 is 12.2 Å². The molecule has 0 aromatic heterocycles. The summed E-state index contributed by atoms with van der Waals surface area (Å²) in [5.41, 5.74) is 0.705. The van der Waals surface area contributed by atoms with Crippen molar-refractivity contribution in [1.29, 1.82) is 0 Å². The lowest BCUT2D eigenvalue weighted by atomic mass is 10.0. The first-order chi connectivity index (χ1) is 8.00. The molecule has 0 fully saturated rings. The van der Waals surface area contributed by atoms with Gasteiger partial charge in [-0.25, -0.2) is 9.59 Å². The summed E-state index contributed by atoms with van der Waals surface area (Å²) < 4.78 is 0. The van der Waals surface area contributed by atoms with Crippen LogP contribution in [0, 0.1) is 0 Å². The van der Waals surface area contributed by atoms with Gasteiger partial charge in [0.2, 0.25) is 0 Å². The summed E-state index contributed by atoms with van der Waals surface area (Å²) in [4.78, 5) is 21.2. The van der Waals surface area contributed by atoms with Crippen LogP contribution in [0.25, 0.3) is 0 Å². The van der Waals surface area contributed by atoms with Gasteiger partial charge in [0.05, 0.1) is 12.1 Å². The molecule has 1 rings (SSSR count). The van der Waals surface area contributed by atoms with E-state index in [0.717, 1.165) is 0 Å². The van der Waals surface area contributed by atoms with Crippen LogP contribution < -0.4 is 10.6 Å². The first-order valence-corrected chi connectivity index (χ1v) is 5.04. The number of nitrogens with one attached hydrogen (secondary N) is 2. The van der Waals surface area contributed by atoms with Gasteiger partial charge in [0, 0.05) is 0 Å². The Balaban J connectivity index is 2.87. The van der Waals surface area contributed by atoms with E-state index in [9.17, 15) is 9.59 Å². The third kappa shape index (κ3) is 4.02. The molecule has 1 aromatic carbocycles. The molecular formula is C11H14N2O4. The van der Waals surface area contributed by atoms with Crippen LogP contribution in [0.5, 0.6) is 0 Å². The predicted molar refractivity (Wildman–Crippen MR) is 61.0 cm³/mol. The van der Waals surface area contributed by atoms with Crippen LogP contribution in [0.3, 0.4) is 0 Å². The van der Waals surface area contributed by atoms with Crippen LogP contribution >= 0.6 is 0 Å². The Labute approximate surface area is 98.3 Å². The second-order valence-corrected chi connectivity index (χ2v) is 3.58. The van der Waals surface area contributed by atoms with E-state index in [1.807, 2.05) is 0 Å². The van der Waals surface area contributed by atoms with Gasteiger partial charge in [-0.1, -0.05) is 30.3 Å². The Morgan fingerprint density at radius 2 is 1.59 bits per heavy atom. The van der Waals surface area contributed by atoms with Crippen molar-refractivity contribution in [2.45, 2.75) is 19.0 Å². The Kier molecular flexibility index (Phi) is 4.33. The highest BCUT2D eigenvalue weighted by molar-refractivity contribution is 5.67. The van der Waals surface area contributed by atoms with Crippen LogP contribution in [0.15, 0.2) is 30.3 Å². The van der Waals surface area contributed by atoms with E-state index in [4.69, 9.17) is 10.2 Å². The molecule has 1 unspecified atom stereocenters. The molecular weight excluding hydrogens is 224 g/mol. The fourth-order valence-electron chi connectivity index (χ4n) is 1.57. The smallest absolute Gasteiger partial charge is 0.405 e. The van der Waals surface area contributed by atoms with Crippen LogP contribution in [-0.4, -0.2) is 28.4 Å². The molecule has 0 saturated carbocycles. The molecule has 0 aliphatic heterocycles. The summed E-state index contributed by atoms with van der Waals surface area (Å²) in [7, 11) is 0. The third-order valence-electron chi connectivity index (χ3n) is 2.29. The van der Waals surface area contributed by atoms with Gasteiger partial charge in [-0.15, -0.1) is 0 Å². The summed E-state index contributed by atoms with van der Waals surface area (Å²) in [5.74, 6) is 0. The van der Waals surface area contributed by atoms with E-state index in [0.29, 0.717) is 5.56 Å². The summed E-state index contributed by atoms with van der Waals surface area (Å²) in [5, 5.41) is 21.9. The zero-order valence-electron chi connectivity index (χ0n) is 9.25. The molecule has 6 heteroatoms. The largest absolute Gasteiger partial charge is 0.465 e. The van der Waals surface area contributed by atoms with E-state index < -0.39 is 24.3 Å². The van der Waals surface area contributed by atoms with Gasteiger partial charge in [-0.3, -0.25) is 0 Å². The number of hydrogen-bond acceptors (Lipinski definition) is 2. The molecule has 92 valence electrons. The molecule has 0 saturated heterocycles. The topological polar surface area (TPSA) is 98.7 Å². The lowest BCUT2D eigenvalue weighted by Gasteiger charge is -2.24. The molecule has 6 nitrogen and oxygen atoms in total. The number of carboxylic acid groups (broad SMARTS) is 2. The highest BCUT2D eigenvalue weighted by Gasteiger charge is 2.22. The van der Waals surface area contributed by atoms with Crippen molar-refractivity contribution in [3.05, 3.63) is 35.9 Å². The Bertz CT molecular complexity index is 394. The summed E-state index contributed by atoms with van der Waals surface area (Å²) in [6.07, 6.45) is -2.39. The van der Waals surface area contributed by atoms with Crippen molar-refractivity contribution in [2.24, 2.45) is 0 Å². The summed E-state index contributed by atoms with van der Waals surface area (Å²) in [6.45, 7) is 1.60. The average Bonchev–Trinajstić information content (AvgIpc) is 2.25. The first-order valence-electron chi connectivity index (χ1n) is 5.04. The fraction of sp³-hybridized carbons (Fsp3) is 0.273. The molecule has 0 bridgehead atoms. The maximum atomic E-state index is 10.7. The number of rotatable bonds is 4. The van der Waals surface area contributed by atoms with Crippen LogP contribution in [-0.2, 0) is 0 Å². The van der Waals surface area contributed by atoms with E-state index in [2.05, 4.69) is 10.6 Å². The molecule has 2 atom stereocenters. The minimum absolute atomic E-state index is 0.564. The second kappa shape index (κ2) is 5.74. The van der Waals surface area contributed by atoms with E-state index >= 15 is 0 Å². The highest BCUT2D eigenvalue weighted by atomic mass is 16.4. The van der Waals surface area contributed by atoms with Crippen molar-refractivity contribution < 1.29 is 19.8 Å². The summed E-state index contributed by atoms with van der Waals surface area (Å²) >= 11 is 0. The van der Waals surface area contributed by atoms with Gasteiger partial charge in [-0.05, 0) is 12.5 Å². The van der Waals surface area contributed by atoms with Crippen molar-refractivity contribution in [2.75, 3.05) is 0 Å². The van der Waals surface area contributed by atoms with Crippen molar-refractivity contribution in [3.8, 4) is 0 Å². The maximum Gasteiger partial charge on any atom is 0.405 e. The van der Waals surface area contributed by atoms with Crippen molar-refractivity contribution in [3.63, 3.8) is 0 Å². The zero-order valence-corrected chi connectivity index (χ0v) is 9.25. The van der Waals surface area contributed by atoms with E-state index in [1.54, 1.807) is 37.3 Å². The van der Waals surface area contributed by atoms with E-state index in [-0.39, 0.29) is 0 Å². The number of amides is 2. The van der Waals surface area contributed by atoms with Gasteiger partial charge in [0.15, 0.2) is 0 Å². The molecule has 2 amide bonds. The lowest BCUT2D eigenvalue weighted by molar-refractivity contribution is 0.177. The molecule has 0 radical (unpaired) electrons. The van der Waals surface area contributed by atoms with Gasteiger partial charge >= 0.3 is 12.2 Å². The molecule has 1 aromatic rings. The molecule has 0 aliphatic carbocycles. The number of hydrogen-bond donors (Lipinski definition) is 4. The quantitative estimate of drug-likeness (QED) is 0.641. The number of carbonyl (C=O) groups is 2. The third-order valence-corrected chi connectivity index (χ3v) is 2.29. The monoisotopic (exact) mass is 238 g/mol. The Morgan fingerprint density at radius 1 is 1.06 bits per heavy atom. The molecule has 17 heavy (non-hydrogen) atoms. The Hall–Kier alpha value is -2.24. The predicted octanol–water partition coefficient (Wildman–Crippen LogP) is 1.65. The van der Waals surface area contributed by atoms with Crippen LogP contribution in [0.1, 0.15) is 18.5 Å². The number of benzene rings is 1. The fourth-order valence-corrected chi connectivity index (χ4v) is 1.57. The van der Waals surface area contributed by atoms with Gasteiger partial charge < -0.3 is 20.8 Å². The minimum Gasteiger partial charge on any atom is -0.465 e. The maximum absolute atomic E-state index is 10.7. The molecule has 4 N–H and O–H groups in total. The van der Waals surface area contributed by atoms with Crippen molar-refractivity contribution in [1.82, 2.24) is 10.6 Å². The average molecular weight is 238 g/mol.